The maximum atomic E-state index is 13.5. The van der Waals surface area contributed by atoms with Gasteiger partial charge in [0.2, 0.25) is 0 Å². The van der Waals surface area contributed by atoms with E-state index in [2.05, 4.69) is 10.2 Å². The molecule has 33 heavy (non-hydrogen) atoms. The fourth-order valence-electron chi connectivity index (χ4n) is 4.21. The van der Waals surface area contributed by atoms with Gasteiger partial charge in [-0.1, -0.05) is 42.5 Å². The van der Waals surface area contributed by atoms with Crippen LogP contribution in [0.5, 0.6) is 5.75 Å². The number of aromatic nitrogens is 2. The van der Waals surface area contributed by atoms with Gasteiger partial charge >= 0.3 is 5.97 Å². The largest absolute Gasteiger partial charge is 0.508 e. The lowest BCUT2D eigenvalue weighted by molar-refractivity contribution is 0.0526. The van der Waals surface area contributed by atoms with E-state index in [9.17, 15) is 14.7 Å². The number of benzene rings is 3. The Morgan fingerprint density at radius 1 is 1.06 bits per heavy atom. The molecule has 0 fully saturated rings. The SMILES string of the molecule is CCOC(=O)c1ccc(N2C(=O)c3[nH]nc(-c4ccccc4)c3C2c2cccc(O)c2)cc1. The molecule has 0 saturated heterocycles. The number of aromatic hydroxyl groups is 1. The zero-order chi connectivity index (χ0) is 22.9. The minimum Gasteiger partial charge on any atom is -0.508 e. The van der Waals surface area contributed by atoms with Gasteiger partial charge in [0.05, 0.1) is 23.9 Å². The second-order valence-electron chi connectivity index (χ2n) is 7.67. The molecule has 5 rings (SSSR count). The van der Waals surface area contributed by atoms with Crippen molar-refractivity contribution in [2.24, 2.45) is 0 Å². The third-order valence-corrected chi connectivity index (χ3v) is 5.66. The summed E-state index contributed by atoms with van der Waals surface area (Å²) >= 11 is 0. The number of H-pyrrole nitrogens is 1. The molecule has 0 spiro atoms. The molecule has 7 heteroatoms. The van der Waals surface area contributed by atoms with Gasteiger partial charge in [-0.05, 0) is 48.9 Å². The highest BCUT2D eigenvalue weighted by Gasteiger charge is 2.43. The molecular weight excluding hydrogens is 418 g/mol. The number of carbonyl (C=O) groups is 2. The van der Waals surface area contributed by atoms with Crippen LogP contribution in [-0.4, -0.2) is 33.8 Å². The summed E-state index contributed by atoms with van der Waals surface area (Å²) in [6, 6.07) is 22.7. The summed E-state index contributed by atoms with van der Waals surface area (Å²) in [5.74, 6) is -0.546. The second-order valence-corrected chi connectivity index (χ2v) is 7.67. The van der Waals surface area contributed by atoms with E-state index in [-0.39, 0.29) is 18.3 Å². The molecule has 0 saturated carbocycles. The molecule has 2 N–H and O–H groups in total. The van der Waals surface area contributed by atoms with Crippen LogP contribution in [0.1, 0.15) is 44.9 Å². The van der Waals surface area contributed by atoms with Crippen LogP contribution in [0.2, 0.25) is 0 Å². The number of carbonyl (C=O) groups excluding carboxylic acids is 2. The summed E-state index contributed by atoms with van der Waals surface area (Å²) < 4.78 is 5.06. The van der Waals surface area contributed by atoms with Crippen LogP contribution in [0, 0.1) is 0 Å². The number of hydrogen-bond donors (Lipinski definition) is 2. The summed E-state index contributed by atoms with van der Waals surface area (Å²) in [7, 11) is 0. The highest BCUT2D eigenvalue weighted by atomic mass is 16.5. The van der Waals surface area contributed by atoms with Gasteiger partial charge in [0.15, 0.2) is 0 Å². The van der Waals surface area contributed by atoms with Crippen molar-refractivity contribution in [2.75, 3.05) is 11.5 Å². The monoisotopic (exact) mass is 439 g/mol. The molecular formula is C26H21N3O4. The summed E-state index contributed by atoms with van der Waals surface area (Å²) in [4.78, 5) is 27.2. The Hall–Kier alpha value is -4.39. The van der Waals surface area contributed by atoms with Crippen molar-refractivity contribution >= 4 is 17.6 Å². The van der Waals surface area contributed by atoms with Gasteiger partial charge in [0.1, 0.15) is 11.4 Å². The Balaban J connectivity index is 1.64. The number of phenols is 1. The summed E-state index contributed by atoms with van der Waals surface area (Å²) in [5, 5.41) is 17.5. The van der Waals surface area contributed by atoms with E-state index in [1.54, 1.807) is 54.3 Å². The van der Waals surface area contributed by atoms with Crippen molar-refractivity contribution in [1.82, 2.24) is 10.2 Å². The van der Waals surface area contributed by atoms with Gasteiger partial charge in [-0.25, -0.2) is 4.79 Å². The first kappa shape index (κ1) is 20.5. The minimum atomic E-state index is -0.512. The van der Waals surface area contributed by atoms with Gasteiger partial charge in [-0.15, -0.1) is 0 Å². The van der Waals surface area contributed by atoms with Crippen molar-refractivity contribution < 1.29 is 19.4 Å². The van der Waals surface area contributed by atoms with E-state index in [0.29, 0.717) is 22.6 Å². The number of phenolic OH excluding ortho intramolecular Hbond substituents is 1. The molecule has 0 bridgehead atoms. The average molecular weight is 439 g/mol. The number of anilines is 1. The van der Waals surface area contributed by atoms with Crippen molar-refractivity contribution in [3.8, 4) is 17.0 Å². The number of esters is 1. The number of fused-ring (bicyclic) bond motifs is 1. The third-order valence-electron chi connectivity index (χ3n) is 5.66. The van der Waals surface area contributed by atoms with Crippen molar-refractivity contribution in [2.45, 2.75) is 13.0 Å². The molecule has 1 aliphatic rings. The Morgan fingerprint density at radius 2 is 1.82 bits per heavy atom. The van der Waals surface area contributed by atoms with E-state index in [1.165, 1.54) is 0 Å². The first-order valence-electron chi connectivity index (χ1n) is 10.6. The van der Waals surface area contributed by atoms with Crippen LogP contribution in [-0.2, 0) is 4.74 Å². The molecule has 7 nitrogen and oxygen atoms in total. The van der Waals surface area contributed by atoms with Crippen LogP contribution in [0.3, 0.4) is 0 Å². The van der Waals surface area contributed by atoms with Crippen LogP contribution in [0.25, 0.3) is 11.3 Å². The fraction of sp³-hybridized carbons (Fsp3) is 0.115. The van der Waals surface area contributed by atoms with Crippen LogP contribution in [0.15, 0.2) is 78.9 Å². The first-order chi connectivity index (χ1) is 16.1. The quantitative estimate of drug-likeness (QED) is 0.439. The normalized spacial score (nSPS) is 14.9. The number of aromatic amines is 1. The van der Waals surface area contributed by atoms with Crippen LogP contribution < -0.4 is 4.90 Å². The number of nitrogens with one attached hydrogen (secondary N) is 1. The smallest absolute Gasteiger partial charge is 0.338 e. The van der Waals surface area contributed by atoms with Crippen LogP contribution >= 0.6 is 0 Å². The molecule has 1 aromatic heterocycles. The predicted octanol–water partition coefficient (Wildman–Crippen LogP) is 4.71. The lowest BCUT2D eigenvalue weighted by atomic mass is 9.95. The molecule has 0 aliphatic carbocycles. The van der Waals surface area contributed by atoms with Gasteiger partial charge in [-0.2, -0.15) is 5.10 Å². The van der Waals surface area contributed by atoms with E-state index >= 15 is 0 Å². The summed E-state index contributed by atoms with van der Waals surface area (Å²) in [6.07, 6.45) is 0. The molecule has 1 atom stereocenters. The van der Waals surface area contributed by atoms with Gasteiger partial charge in [0.25, 0.3) is 5.91 Å². The second kappa shape index (κ2) is 8.27. The van der Waals surface area contributed by atoms with E-state index < -0.39 is 12.0 Å². The summed E-state index contributed by atoms with van der Waals surface area (Å²) in [5.41, 5.74) is 4.47. The number of ether oxygens (including phenoxy) is 1. The van der Waals surface area contributed by atoms with E-state index in [4.69, 9.17) is 4.74 Å². The molecule has 2 heterocycles. The van der Waals surface area contributed by atoms with Gasteiger partial charge < -0.3 is 9.84 Å². The zero-order valence-electron chi connectivity index (χ0n) is 17.9. The first-order valence-corrected chi connectivity index (χ1v) is 10.6. The fourth-order valence-corrected chi connectivity index (χ4v) is 4.21. The summed E-state index contributed by atoms with van der Waals surface area (Å²) in [6.45, 7) is 2.04. The molecule has 1 aliphatic heterocycles. The topological polar surface area (TPSA) is 95.5 Å². The van der Waals surface area contributed by atoms with Gasteiger partial charge in [-0.3, -0.25) is 14.8 Å². The van der Waals surface area contributed by atoms with E-state index in [0.717, 1.165) is 16.7 Å². The standard InChI is InChI=1S/C26H21N3O4/c1-2-33-26(32)17-11-13-19(14-12-17)29-24(18-9-6-10-20(30)15-18)21-22(16-7-4-3-5-8-16)27-28-23(21)25(29)31/h3-15,24,30H,2H2,1H3,(H,27,28). The average Bonchev–Trinajstić information content (AvgIpc) is 3.39. The highest BCUT2D eigenvalue weighted by Crippen LogP contribution is 2.45. The van der Waals surface area contributed by atoms with Crippen molar-refractivity contribution in [3.05, 3.63) is 101 Å². The Morgan fingerprint density at radius 3 is 2.52 bits per heavy atom. The lowest BCUT2D eigenvalue weighted by Gasteiger charge is -2.26. The maximum Gasteiger partial charge on any atom is 0.338 e. The number of nitrogens with zero attached hydrogens (tertiary/aromatic N) is 2. The molecule has 3 aromatic carbocycles. The number of amides is 1. The van der Waals surface area contributed by atoms with Crippen molar-refractivity contribution in [1.29, 1.82) is 0 Å². The maximum absolute atomic E-state index is 13.5. The van der Waals surface area contributed by atoms with Crippen LogP contribution in [0.4, 0.5) is 5.69 Å². The highest BCUT2D eigenvalue weighted by molar-refractivity contribution is 6.12. The number of rotatable bonds is 5. The third kappa shape index (κ3) is 3.53. The zero-order valence-corrected chi connectivity index (χ0v) is 17.9. The van der Waals surface area contributed by atoms with Crippen molar-refractivity contribution in [3.63, 3.8) is 0 Å². The Labute approximate surface area is 190 Å². The predicted molar refractivity (Wildman–Crippen MR) is 123 cm³/mol. The molecule has 1 unspecified atom stereocenters. The Kier molecular flexibility index (Phi) is 5.14. The molecule has 164 valence electrons. The number of hydrogen-bond acceptors (Lipinski definition) is 5. The molecule has 4 aromatic rings. The Bertz CT molecular complexity index is 1330. The van der Waals surface area contributed by atoms with Gasteiger partial charge in [0, 0.05) is 16.8 Å². The lowest BCUT2D eigenvalue weighted by Crippen LogP contribution is -2.29. The molecule has 0 radical (unpaired) electrons. The molecule has 1 amide bonds. The minimum absolute atomic E-state index is 0.107. The van der Waals surface area contributed by atoms with E-state index in [1.807, 2.05) is 36.4 Å².